The zero-order valence-corrected chi connectivity index (χ0v) is 17.8. The van der Waals surface area contributed by atoms with E-state index in [2.05, 4.69) is 55.7 Å². The topological polar surface area (TPSA) is 40.9 Å². The molecule has 0 atom stereocenters. The molecule has 2 aromatic heterocycles. The number of hydrogen-bond donors (Lipinski definition) is 0. The molecule has 0 unspecified atom stereocenters. The van der Waals surface area contributed by atoms with Gasteiger partial charge in [-0.15, -0.1) is 0 Å². The highest BCUT2D eigenvalue weighted by Crippen LogP contribution is 2.28. The molecule has 1 aliphatic heterocycles. The van der Waals surface area contributed by atoms with E-state index in [4.69, 9.17) is 4.98 Å². The normalized spacial score (nSPS) is 14.7. The number of amides is 1. The maximum absolute atomic E-state index is 12.9. The summed E-state index contributed by atoms with van der Waals surface area (Å²) in [4.78, 5) is 22.1. The third-order valence-electron chi connectivity index (χ3n) is 5.53. The highest BCUT2D eigenvalue weighted by Gasteiger charge is 2.24. The Morgan fingerprint density at radius 2 is 1.79 bits per heavy atom. The summed E-state index contributed by atoms with van der Waals surface area (Å²) in [6.07, 6.45) is 2.08. The molecule has 5 rings (SSSR count). The van der Waals surface area contributed by atoms with Crippen molar-refractivity contribution in [1.29, 1.82) is 0 Å². The van der Waals surface area contributed by atoms with Crippen LogP contribution in [0.2, 0.25) is 0 Å². The molecule has 0 aliphatic carbocycles. The molecule has 0 saturated carbocycles. The number of carbonyl (C=O) groups excluding carboxylic acids is 1. The Morgan fingerprint density at radius 3 is 2.59 bits per heavy atom. The van der Waals surface area contributed by atoms with Crippen LogP contribution in [0.25, 0.3) is 16.6 Å². The average Bonchev–Trinajstić information content (AvgIpc) is 3.22. The van der Waals surface area contributed by atoms with E-state index in [1.54, 1.807) is 0 Å². The summed E-state index contributed by atoms with van der Waals surface area (Å²) in [5, 5.41) is 0. The maximum Gasteiger partial charge on any atom is 0.253 e. The Kier molecular flexibility index (Phi) is 4.51. The third kappa shape index (κ3) is 3.27. The molecule has 0 bridgehead atoms. The molecule has 4 aromatic rings. The van der Waals surface area contributed by atoms with Gasteiger partial charge in [0.1, 0.15) is 0 Å². The number of halogens is 1. The van der Waals surface area contributed by atoms with Gasteiger partial charge in [-0.2, -0.15) is 0 Å². The Balaban J connectivity index is 1.42. The van der Waals surface area contributed by atoms with E-state index in [0.29, 0.717) is 13.1 Å². The Labute approximate surface area is 177 Å². The van der Waals surface area contributed by atoms with Gasteiger partial charge in [0.25, 0.3) is 5.91 Å². The highest BCUT2D eigenvalue weighted by atomic mass is 79.9. The molecule has 0 N–H and O–H groups in total. The standard InChI is InChI=1S/C23H21BrN4O/c1-16-4-2-5-17(14-16)23(29)27-12-10-26(11-13-27)22-21-6-3-9-28(21)20-8-7-18(24)15-19(20)25-22/h2-9,14-15H,10-13H2,1H3. The predicted octanol–water partition coefficient (Wildman–Crippen LogP) is 4.52. The Hall–Kier alpha value is -2.86. The van der Waals surface area contributed by atoms with E-state index in [9.17, 15) is 4.79 Å². The van der Waals surface area contributed by atoms with Gasteiger partial charge in [0.2, 0.25) is 0 Å². The van der Waals surface area contributed by atoms with Gasteiger partial charge in [-0.1, -0.05) is 33.6 Å². The van der Waals surface area contributed by atoms with Gasteiger partial charge < -0.3 is 14.2 Å². The fraction of sp³-hybridized carbons (Fsp3) is 0.217. The van der Waals surface area contributed by atoms with Crippen LogP contribution in [0.1, 0.15) is 15.9 Å². The van der Waals surface area contributed by atoms with Crippen molar-refractivity contribution in [3.8, 4) is 0 Å². The number of rotatable bonds is 2. The van der Waals surface area contributed by atoms with Crippen LogP contribution < -0.4 is 4.90 Å². The molecule has 1 amide bonds. The van der Waals surface area contributed by atoms with E-state index < -0.39 is 0 Å². The third-order valence-corrected chi connectivity index (χ3v) is 6.03. The molecule has 1 fully saturated rings. The number of carbonyl (C=O) groups is 1. The van der Waals surface area contributed by atoms with Crippen LogP contribution in [-0.2, 0) is 0 Å². The van der Waals surface area contributed by atoms with Crippen molar-refractivity contribution in [3.63, 3.8) is 0 Å². The first kappa shape index (κ1) is 18.2. The second-order valence-corrected chi connectivity index (χ2v) is 8.40. The number of fused-ring (bicyclic) bond motifs is 3. The van der Waals surface area contributed by atoms with Crippen molar-refractivity contribution in [2.24, 2.45) is 0 Å². The first-order valence-corrected chi connectivity index (χ1v) is 10.6. The number of aromatic nitrogens is 2. The molecular weight excluding hydrogens is 428 g/mol. The molecule has 146 valence electrons. The van der Waals surface area contributed by atoms with Crippen LogP contribution in [0.15, 0.2) is 65.3 Å². The number of nitrogens with zero attached hydrogens (tertiary/aromatic N) is 4. The monoisotopic (exact) mass is 448 g/mol. The van der Waals surface area contributed by atoms with Crippen molar-refractivity contribution in [2.75, 3.05) is 31.1 Å². The summed E-state index contributed by atoms with van der Waals surface area (Å²) in [6, 6.07) is 18.2. The van der Waals surface area contributed by atoms with Crippen LogP contribution in [0, 0.1) is 6.92 Å². The number of benzene rings is 2. The van der Waals surface area contributed by atoms with Crippen molar-refractivity contribution in [3.05, 3.63) is 76.4 Å². The van der Waals surface area contributed by atoms with Crippen molar-refractivity contribution < 1.29 is 4.79 Å². The molecule has 1 aliphatic rings. The summed E-state index contributed by atoms with van der Waals surface area (Å²) in [5.41, 5.74) is 5.01. The summed E-state index contributed by atoms with van der Waals surface area (Å²) in [5.74, 6) is 1.08. The van der Waals surface area contributed by atoms with Gasteiger partial charge in [-0.25, -0.2) is 4.98 Å². The lowest BCUT2D eigenvalue weighted by molar-refractivity contribution is 0.0746. The molecule has 1 saturated heterocycles. The Morgan fingerprint density at radius 1 is 0.966 bits per heavy atom. The lowest BCUT2D eigenvalue weighted by Crippen LogP contribution is -2.49. The van der Waals surface area contributed by atoms with Gasteiger partial charge in [-0.05, 0) is 49.4 Å². The smallest absolute Gasteiger partial charge is 0.253 e. The van der Waals surface area contributed by atoms with Crippen LogP contribution in [0.4, 0.5) is 5.82 Å². The Bertz CT molecular complexity index is 1220. The number of hydrogen-bond acceptors (Lipinski definition) is 3. The zero-order chi connectivity index (χ0) is 20.0. The van der Waals surface area contributed by atoms with Gasteiger partial charge in [0.05, 0.1) is 16.6 Å². The minimum absolute atomic E-state index is 0.108. The van der Waals surface area contributed by atoms with E-state index in [1.165, 1.54) is 0 Å². The molecule has 0 radical (unpaired) electrons. The quantitative estimate of drug-likeness (QED) is 0.452. The lowest BCUT2D eigenvalue weighted by atomic mass is 10.1. The van der Waals surface area contributed by atoms with Gasteiger partial charge in [0.15, 0.2) is 5.82 Å². The molecule has 2 aromatic carbocycles. The number of anilines is 1. The SMILES string of the molecule is Cc1cccc(C(=O)N2CCN(c3nc4cc(Br)ccc4n4cccc34)CC2)c1. The van der Waals surface area contributed by atoms with Crippen molar-refractivity contribution >= 4 is 44.2 Å². The second-order valence-electron chi connectivity index (χ2n) is 7.48. The second kappa shape index (κ2) is 7.19. The van der Waals surface area contributed by atoms with Gasteiger partial charge in [-0.3, -0.25) is 4.79 Å². The minimum atomic E-state index is 0.108. The molecule has 3 heterocycles. The number of piperazine rings is 1. The zero-order valence-electron chi connectivity index (χ0n) is 16.2. The lowest BCUT2D eigenvalue weighted by Gasteiger charge is -2.36. The first-order valence-electron chi connectivity index (χ1n) is 9.77. The summed E-state index contributed by atoms with van der Waals surface area (Å²) < 4.78 is 3.21. The largest absolute Gasteiger partial charge is 0.351 e. The summed E-state index contributed by atoms with van der Waals surface area (Å²) in [7, 11) is 0. The van der Waals surface area contributed by atoms with E-state index in [0.717, 1.165) is 51.1 Å². The molecular formula is C23H21BrN4O. The summed E-state index contributed by atoms with van der Waals surface area (Å²) in [6.45, 7) is 4.94. The molecule has 0 spiro atoms. The number of aryl methyl sites for hydroxylation is 1. The van der Waals surface area contributed by atoms with Crippen LogP contribution in [0.3, 0.4) is 0 Å². The fourth-order valence-electron chi connectivity index (χ4n) is 4.05. The van der Waals surface area contributed by atoms with Gasteiger partial charge >= 0.3 is 0 Å². The predicted molar refractivity (Wildman–Crippen MR) is 120 cm³/mol. The van der Waals surface area contributed by atoms with E-state index in [-0.39, 0.29) is 5.91 Å². The van der Waals surface area contributed by atoms with Crippen LogP contribution >= 0.6 is 15.9 Å². The first-order chi connectivity index (χ1) is 14.1. The van der Waals surface area contributed by atoms with Crippen molar-refractivity contribution in [1.82, 2.24) is 14.3 Å². The molecule has 6 heteroatoms. The van der Waals surface area contributed by atoms with Crippen LogP contribution in [0.5, 0.6) is 0 Å². The van der Waals surface area contributed by atoms with Gasteiger partial charge in [0, 0.05) is 42.4 Å². The minimum Gasteiger partial charge on any atom is -0.351 e. The highest BCUT2D eigenvalue weighted by molar-refractivity contribution is 9.10. The maximum atomic E-state index is 12.9. The van der Waals surface area contributed by atoms with E-state index >= 15 is 0 Å². The summed E-state index contributed by atoms with van der Waals surface area (Å²) >= 11 is 3.55. The molecule has 29 heavy (non-hydrogen) atoms. The van der Waals surface area contributed by atoms with E-state index in [1.807, 2.05) is 42.2 Å². The van der Waals surface area contributed by atoms with Crippen LogP contribution in [-0.4, -0.2) is 46.4 Å². The average molecular weight is 449 g/mol. The fourth-order valence-corrected chi connectivity index (χ4v) is 4.40. The molecule has 5 nitrogen and oxygen atoms in total. The van der Waals surface area contributed by atoms with Crippen molar-refractivity contribution in [2.45, 2.75) is 6.92 Å².